The summed E-state index contributed by atoms with van der Waals surface area (Å²) in [5.74, 6) is -0.0483. The molecule has 0 saturated heterocycles. The van der Waals surface area contributed by atoms with Gasteiger partial charge in [-0.15, -0.1) is 0 Å². The van der Waals surface area contributed by atoms with Crippen molar-refractivity contribution in [2.75, 3.05) is 6.26 Å². The highest BCUT2D eigenvalue weighted by atomic mass is 32.2. The first-order valence-electron chi connectivity index (χ1n) is 7.65. The molecule has 1 heterocycles. The highest BCUT2D eigenvalue weighted by molar-refractivity contribution is 7.90. The summed E-state index contributed by atoms with van der Waals surface area (Å²) in [5, 5.41) is 9.82. The minimum atomic E-state index is -4.59. The number of nitrogens with zero attached hydrogens (tertiary/aromatic N) is 1. The quantitative estimate of drug-likeness (QED) is 0.873. The topological polar surface area (TPSA) is 76.5 Å². The lowest BCUT2D eigenvalue weighted by molar-refractivity contribution is -0.137. The van der Waals surface area contributed by atoms with Crippen LogP contribution < -0.4 is 4.74 Å². The van der Waals surface area contributed by atoms with Crippen LogP contribution in [0.15, 0.2) is 41.4 Å². The molecule has 1 aromatic heterocycles. The first kappa shape index (κ1) is 18.7. The Morgan fingerprint density at radius 1 is 1.27 bits per heavy atom. The van der Waals surface area contributed by atoms with Gasteiger partial charge in [-0.05, 0) is 30.7 Å². The van der Waals surface area contributed by atoms with Crippen LogP contribution in [-0.2, 0) is 16.0 Å². The standard InChI is InChI=1S/C17H16F3NO4S/c1-16(22)8-14(16)25-15-13(7-11(9-21-15)17(18,19)20)10-3-5-12(6-4-10)26(2,23)24/h3-7,9,14,22H,8H2,1-2H3/t14-,16+/m0/s1. The van der Waals surface area contributed by atoms with Gasteiger partial charge in [-0.2, -0.15) is 13.2 Å². The second-order valence-corrected chi connectivity index (χ2v) is 8.55. The van der Waals surface area contributed by atoms with Gasteiger partial charge in [0.1, 0.15) is 11.7 Å². The molecule has 1 saturated carbocycles. The summed E-state index contributed by atoms with van der Waals surface area (Å²) in [5.41, 5.74) is -1.59. The summed E-state index contributed by atoms with van der Waals surface area (Å²) >= 11 is 0. The number of aliphatic hydroxyl groups is 1. The molecule has 2 aromatic rings. The molecule has 1 N–H and O–H groups in total. The first-order chi connectivity index (χ1) is 11.9. The van der Waals surface area contributed by atoms with Crippen molar-refractivity contribution in [3.05, 3.63) is 42.1 Å². The monoisotopic (exact) mass is 387 g/mol. The SMILES string of the molecule is C[C@@]1(O)C[C@@H]1Oc1ncc(C(F)(F)F)cc1-c1ccc(S(C)(=O)=O)cc1. The maximum Gasteiger partial charge on any atom is 0.417 e. The van der Waals surface area contributed by atoms with Gasteiger partial charge in [-0.25, -0.2) is 13.4 Å². The fourth-order valence-electron chi connectivity index (χ4n) is 2.41. The van der Waals surface area contributed by atoms with Crippen LogP contribution in [0.25, 0.3) is 11.1 Å². The lowest BCUT2D eigenvalue weighted by Gasteiger charge is -2.14. The number of benzene rings is 1. The molecule has 1 aliphatic carbocycles. The molecule has 5 nitrogen and oxygen atoms in total. The molecule has 2 atom stereocenters. The summed E-state index contributed by atoms with van der Waals surface area (Å²) in [6, 6.07) is 6.30. The number of ether oxygens (including phenoxy) is 1. The van der Waals surface area contributed by atoms with E-state index in [9.17, 15) is 26.7 Å². The number of pyridine rings is 1. The van der Waals surface area contributed by atoms with Gasteiger partial charge in [-0.1, -0.05) is 12.1 Å². The van der Waals surface area contributed by atoms with Crippen molar-refractivity contribution in [1.82, 2.24) is 4.98 Å². The van der Waals surface area contributed by atoms with Gasteiger partial charge in [-0.3, -0.25) is 0 Å². The molecule has 3 rings (SSSR count). The predicted octanol–water partition coefficient (Wildman–Crippen LogP) is 3.07. The van der Waals surface area contributed by atoms with Crippen LogP contribution in [0.2, 0.25) is 0 Å². The molecule has 0 radical (unpaired) electrons. The molecule has 1 aliphatic rings. The van der Waals surface area contributed by atoms with Crippen molar-refractivity contribution >= 4 is 9.84 Å². The zero-order valence-corrected chi connectivity index (χ0v) is 14.7. The van der Waals surface area contributed by atoms with E-state index in [0.717, 1.165) is 12.3 Å². The second-order valence-electron chi connectivity index (χ2n) is 6.54. The third-order valence-electron chi connectivity index (χ3n) is 4.16. The van der Waals surface area contributed by atoms with Gasteiger partial charge in [0.15, 0.2) is 9.84 Å². The lowest BCUT2D eigenvalue weighted by atomic mass is 10.1. The molecule has 0 bridgehead atoms. The van der Waals surface area contributed by atoms with Crippen molar-refractivity contribution in [1.29, 1.82) is 0 Å². The van der Waals surface area contributed by atoms with E-state index >= 15 is 0 Å². The highest BCUT2D eigenvalue weighted by Gasteiger charge is 2.51. The minimum Gasteiger partial charge on any atom is -0.471 e. The summed E-state index contributed by atoms with van der Waals surface area (Å²) in [6.45, 7) is 1.56. The molecule has 0 spiro atoms. The van der Waals surface area contributed by atoms with Crippen LogP contribution in [0.5, 0.6) is 5.88 Å². The van der Waals surface area contributed by atoms with Crippen LogP contribution in [0.3, 0.4) is 0 Å². The maximum absolute atomic E-state index is 13.0. The Balaban J connectivity index is 2.04. The van der Waals surface area contributed by atoms with E-state index < -0.39 is 33.3 Å². The number of rotatable bonds is 4. The smallest absolute Gasteiger partial charge is 0.417 e. The fraction of sp³-hybridized carbons (Fsp3) is 0.353. The Morgan fingerprint density at radius 2 is 1.85 bits per heavy atom. The summed E-state index contributed by atoms with van der Waals surface area (Å²) in [6.07, 6.45) is -3.08. The van der Waals surface area contributed by atoms with Crippen LogP contribution in [0, 0.1) is 0 Å². The number of hydrogen-bond acceptors (Lipinski definition) is 5. The Bertz CT molecular complexity index is 937. The van der Waals surface area contributed by atoms with E-state index in [1.807, 2.05) is 0 Å². The molecule has 0 amide bonds. The van der Waals surface area contributed by atoms with Crippen molar-refractivity contribution < 1.29 is 31.4 Å². The van der Waals surface area contributed by atoms with Crippen LogP contribution in [-0.4, -0.2) is 36.5 Å². The molecule has 26 heavy (non-hydrogen) atoms. The maximum atomic E-state index is 13.0. The number of halogens is 3. The molecule has 1 aromatic carbocycles. The van der Waals surface area contributed by atoms with Gasteiger partial charge in [0.2, 0.25) is 5.88 Å². The number of sulfone groups is 1. The van der Waals surface area contributed by atoms with Gasteiger partial charge in [0, 0.05) is 24.4 Å². The molecule has 1 fully saturated rings. The first-order valence-corrected chi connectivity index (χ1v) is 9.54. The Labute approximate surface area is 148 Å². The van der Waals surface area contributed by atoms with E-state index in [4.69, 9.17) is 4.74 Å². The summed E-state index contributed by atoms with van der Waals surface area (Å²) < 4.78 is 67.7. The number of alkyl halides is 3. The molecule has 0 aliphatic heterocycles. The Kier molecular flexibility index (Phi) is 4.27. The van der Waals surface area contributed by atoms with Crippen LogP contribution >= 0.6 is 0 Å². The van der Waals surface area contributed by atoms with E-state index in [0.29, 0.717) is 18.2 Å². The average molecular weight is 387 g/mol. The van der Waals surface area contributed by atoms with E-state index in [1.54, 1.807) is 6.92 Å². The van der Waals surface area contributed by atoms with E-state index in [-0.39, 0.29) is 16.3 Å². The Hall–Kier alpha value is -2.13. The van der Waals surface area contributed by atoms with Gasteiger partial charge < -0.3 is 9.84 Å². The van der Waals surface area contributed by atoms with Gasteiger partial charge >= 0.3 is 6.18 Å². The molecule has 140 valence electrons. The van der Waals surface area contributed by atoms with E-state index in [2.05, 4.69) is 4.98 Å². The molecular weight excluding hydrogens is 371 g/mol. The average Bonchev–Trinajstić information content (AvgIpc) is 3.12. The summed E-state index contributed by atoms with van der Waals surface area (Å²) in [4.78, 5) is 3.82. The number of hydrogen-bond donors (Lipinski definition) is 1. The van der Waals surface area contributed by atoms with Crippen molar-refractivity contribution in [3.63, 3.8) is 0 Å². The molecule has 9 heteroatoms. The normalized spacial score (nSPS) is 22.9. The zero-order chi connectivity index (χ0) is 19.3. The van der Waals surface area contributed by atoms with Gasteiger partial charge in [0.25, 0.3) is 0 Å². The fourth-order valence-corrected chi connectivity index (χ4v) is 3.04. The van der Waals surface area contributed by atoms with Crippen LogP contribution in [0.4, 0.5) is 13.2 Å². The van der Waals surface area contributed by atoms with Crippen molar-refractivity contribution in [2.24, 2.45) is 0 Å². The predicted molar refractivity (Wildman–Crippen MR) is 87.4 cm³/mol. The third-order valence-corrected chi connectivity index (χ3v) is 5.29. The number of aromatic nitrogens is 1. The Morgan fingerprint density at radius 3 is 2.31 bits per heavy atom. The molecule has 0 unspecified atom stereocenters. The minimum absolute atomic E-state index is 0.0483. The second kappa shape index (κ2) is 5.95. The molecular formula is C17H16F3NO4S. The van der Waals surface area contributed by atoms with Gasteiger partial charge in [0.05, 0.1) is 10.5 Å². The van der Waals surface area contributed by atoms with E-state index in [1.165, 1.54) is 24.3 Å². The lowest BCUT2D eigenvalue weighted by Crippen LogP contribution is -2.14. The zero-order valence-electron chi connectivity index (χ0n) is 13.9. The van der Waals surface area contributed by atoms with Crippen LogP contribution in [0.1, 0.15) is 18.9 Å². The summed E-state index contributed by atoms with van der Waals surface area (Å²) in [7, 11) is -3.43. The van der Waals surface area contributed by atoms with Crippen molar-refractivity contribution in [2.45, 2.75) is 36.1 Å². The van der Waals surface area contributed by atoms with Crippen molar-refractivity contribution in [3.8, 4) is 17.0 Å². The largest absolute Gasteiger partial charge is 0.471 e. The third kappa shape index (κ3) is 3.83. The highest BCUT2D eigenvalue weighted by Crippen LogP contribution is 2.42.